The number of halogens is 1. The normalized spacial score (nSPS) is 12.0. The van der Waals surface area contributed by atoms with Gasteiger partial charge >= 0.3 is 0 Å². The molecule has 0 spiro atoms. The van der Waals surface area contributed by atoms with Crippen molar-refractivity contribution in [3.05, 3.63) is 87.9 Å². The lowest BCUT2D eigenvalue weighted by Gasteiger charge is -2.32. The summed E-state index contributed by atoms with van der Waals surface area (Å²) in [6, 6.07) is 18.2. The van der Waals surface area contributed by atoms with Crippen LogP contribution in [-0.2, 0) is 26.2 Å². The molecule has 0 saturated carbocycles. The third-order valence-electron chi connectivity index (χ3n) is 6.91. The van der Waals surface area contributed by atoms with Crippen LogP contribution in [0.2, 0.25) is 0 Å². The predicted molar refractivity (Wildman–Crippen MR) is 166 cm³/mol. The molecule has 0 aliphatic rings. The van der Waals surface area contributed by atoms with Crippen molar-refractivity contribution >= 4 is 43.5 Å². The smallest absolute Gasteiger partial charge is 0.264 e. The Morgan fingerprint density at radius 2 is 1.71 bits per heavy atom. The first-order valence-corrected chi connectivity index (χ1v) is 15.8. The largest absolute Gasteiger partial charge is 0.496 e. The second kappa shape index (κ2) is 14.5. The average Bonchev–Trinajstić information content (AvgIpc) is 2.95. The molecule has 1 N–H and O–H groups in total. The van der Waals surface area contributed by atoms with E-state index in [0.717, 1.165) is 33.8 Å². The Balaban J connectivity index is 2.03. The van der Waals surface area contributed by atoms with Gasteiger partial charge < -0.3 is 15.0 Å². The van der Waals surface area contributed by atoms with Crippen molar-refractivity contribution in [2.24, 2.45) is 0 Å². The maximum Gasteiger partial charge on any atom is 0.264 e. The molecule has 3 rings (SSSR count). The zero-order chi connectivity index (χ0) is 30.2. The van der Waals surface area contributed by atoms with Crippen LogP contribution in [0.3, 0.4) is 0 Å². The van der Waals surface area contributed by atoms with Crippen molar-refractivity contribution in [3.8, 4) is 5.75 Å². The number of methoxy groups -OCH3 is 1. The number of anilines is 1. The second-order valence-electron chi connectivity index (χ2n) is 9.91. The summed E-state index contributed by atoms with van der Waals surface area (Å²) in [5.41, 5.74) is 3.13. The summed E-state index contributed by atoms with van der Waals surface area (Å²) in [5, 5.41) is 2.90. The van der Waals surface area contributed by atoms with Gasteiger partial charge in [-0.25, -0.2) is 8.42 Å². The summed E-state index contributed by atoms with van der Waals surface area (Å²) in [6.07, 6.45) is 1.74. The van der Waals surface area contributed by atoms with Crippen LogP contribution in [0.5, 0.6) is 5.75 Å². The van der Waals surface area contributed by atoms with Gasteiger partial charge in [0.1, 0.15) is 18.3 Å². The molecule has 10 heteroatoms. The van der Waals surface area contributed by atoms with Gasteiger partial charge in [0, 0.05) is 13.1 Å². The molecule has 8 nitrogen and oxygen atoms in total. The van der Waals surface area contributed by atoms with Crippen molar-refractivity contribution < 1.29 is 22.7 Å². The molecule has 0 fully saturated rings. The maximum atomic E-state index is 14.0. The molecule has 0 aliphatic heterocycles. The number of carbonyl (C=O) groups excluding carboxylic acids is 2. The molecule has 0 unspecified atom stereocenters. The van der Waals surface area contributed by atoms with Crippen molar-refractivity contribution in [1.29, 1.82) is 0 Å². The molecule has 0 bridgehead atoms. The number of sulfonamides is 1. The second-order valence-corrected chi connectivity index (χ2v) is 12.6. The standard InChI is InChI=1S/C31H38BrN3O5S/c1-6-7-18-33-31(37)24(4)34(20-25-11-9-8-10-23(25)3)30(36)21-35(26-14-12-22(2)13-15-26)41(38,39)27-16-17-29(40-5)28(32)19-27/h8-17,19,24H,6-7,18,20-21H2,1-5H3,(H,33,37)/t24-/m1/s1. The van der Waals surface area contributed by atoms with Gasteiger partial charge in [-0.2, -0.15) is 0 Å². The van der Waals surface area contributed by atoms with Crippen LogP contribution in [0, 0.1) is 13.8 Å². The molecule has 2 amide bonds. The third-order valence-corrected chi connectivity index (χ3v) is 9.30. The SMILES string of the molecule is CCCCNC(=O)[C@@H](C)N(Cc1ccccc1C)C(=O)CN(c1ccc(C)cc1)S(=O)(=O)c1ccc(OC)c(Br)c1. The number of amides is 2. The van der Waals surface area contributed by atoms with E-state index in [2.05, 4.69) is 21.2 Å². The predicted octanol–water partition coefficient (Wildman–Crippen LogP) is 5.60. The van der Waals surface area contributed by atoms with Crippen molar-refractivity contribution in [2.75, 3.05) is 24.5 Å². The lowest BCUT2D eigenvalue weighted by molar-refractivity contribution is -0.139. The number of nitrogens with zero attached hydrogens (tertiary/aromatic N) is 2. The molecule has 1 atom stereocenters. The van der Waals surface area contributed by atoms with E-state index in [9.17, 15) is 18.0 Å². The number of hydrogen-bond acceptors (Lipinski definition) is 5. The van der Waals surface area contributed by atoms with Crippen molar-refractivity contribution in [3.63, 3.8) is 0 Å². The van der Waals surface area contributed by atoms with Crippen LogP contribution >= 0.6 is 15.9 Å². The summed E-state index contributed by atoms with van der Waals surface area (Å²) >= 11 is 3.37. The fourth-order valence-corrected chi connectivity index (χ4v) is 6.40. The lowest BCUT2D eigenvalue weighted by Crippen LogP contribution is -2.51. The molecular formula is C31H38BrN3O5S. The van der Waals surface area contributed by atoms with E-state index in [1.54, 1.807) is 37.3 Å². The fourth-order valence-electron chi connectivity index (χ4n) is 4.26. The zero-order valence-corrected chi connectivity index (χ0v) is 26.6. The topological polar surface area (TPSA) is 96.0 Å². The summed E-state index contributed by atoms with van der Waals surface area (Å²) in [6.45, 7) is 7.71. The number of carbonyl (C=O) groups is 2. The summed E-state index contributed by atoms with van der Waals surface area (Å²) in [7, 11) is -2.69. The molecule has 220 valence electrons. The van der Waals surface area contributed by atoms with Gasteiger partial charge in [-0.1, -0.05) is 55.3 Å². The van der Waals surface area contributed by atoms with Gasteiger partial charge in [-0.05, 0) is 84.6 Å². The van der Waals surface area contributed by atoms with Crippen molar-refractivity contribution in [1.82, 2.24) is 10.2 Å². The first-order chi connectivity index (χ1) is 19.5. The average molecular weight is 645 g/mol. The minimum Gasteiger partial charge on any atom is -0.496 e. The van der Waals surface area contributed by atoms with Crippen LogP contribution in [-0.4, -0.2) is 51.4 Å². The molecule has 3 aromatic carbocycles. The van der Waals surface area contributed by atoms with Gasteiger partial charge in [-0.15, -0.1) is 0 Å². The molecule has 0 radical (unpaired) electrons. The van der Waals surface area contributed by atoms with E-state index in [-0.39, 0.29) is 17.3 Å². The van der Waals surface area contributed by atoms with Gasteiger partial charge in [0.15, 0.2) is 0 Å². The van der Waals surface area contributed by atoms with E-state index in [1.165, 1.54) is 24.1 Å². The van der Waals surface area contributed by atoms with E-state index in [0.29, 0.717) is 22.5 Å². The third kappa shape index (κ3) is 8.10. The first-order valence-electron chi connectivity index (χ1n) is 13.5. The van der Waals surface area contributed by atoms with Crippen molar-refractivity contribution in [2.45, 2.75) is 58.0 Å². The lowest BCUT2D eigenvalue weighted by atomic mass is 10.1. The highest BCUT2D eigenvalue weighted by Crippen LogP contribution is 2.31. The summed E-state index contributed by atoms with van der Waals surface area (Å²) < 4.78 is 34.9. The highest BCUT2D eigenvalue weighted by Gasteiger charge is 2.33. The minimum absolute atomic E-state index is 0.00522. The Morgan fingerprint density at radius 3 is 2.32 bits per heavy atom. The fraction of sp³-hybridized carbons (Fsp3) is 0.355. The highest BCUT2D eigenvalue weighted by atomic mass is 79.9. The number of nitrogens with one attached hydrogen (secondary N) is 1. The molecule has 0 heterocycles. The number of unbranched alkanes of at least 4 members (excludes halogenated alkanes) is 1. The molecule has 0 aromatic heterocycles. The Hall–Kier alpha value is -3.37. The van der Waals surface area contributed by atoms with E-state index in [4.69, 9.17) is 4.74 Å². The highest BCUT2D eigenvalue weighted by molar-refractivity contribution is 9.10. The number of hydrogen-bond donors (Lipinski definition) is 1. The van der Waals surface area contributed by atoms with E-state index < -0.39 is 28.5 Å². The molecular weight excluding hydrogens is 606 g/mol. The Morgan fingerprint density at radius 1 is 1.02 bits per heavy atom. The quantitative estimate of drug-likeness (QED) is 0.245. The minimum atomic E-state index is -4.19. The van der Waals surface area contributed by atoms with E-state index in [1.807, 2.05) is 45.0 Å². The summed E-state index contributed by atoms with van der Waals surface area (Å²) in [5.74, 6) is -0.304. The van der Waals surface area contributed by atoms with Crippen LogP contribution in [0.25, 0.3) is 0 Å². The molecule has 41 heavy (non-hydrogen) atoms. The van der Waals surface area contributed by atoms with Crippen LogP contribution in [0.15, 0.2) is 76.1 Å². The number of ether oxygens (including phenoxy) is 1. The number of rotatable bonds is 13. The number of benzene rings is 3. The summed E-state index contributed by atoms with van der Waals surface area (Å²) in [4.78, 5) is 28.6. The van der Waals surface area contributed by atoms with Crippen LogP contribution in [0.4, 0.5) is 5.69 Å². The Kier molecular flexibility index (Phi) is 11.4. The van der Waals surface area contributed by atoms with E-state index >= 15 is 0 Å². The van der Waals surface area contributed by atoms with Gasteiger partial charge in [-0.3, -0.25) is 13.9 Å². The molecule has 3 aromatic rings. The van der Waals surface area contributed by atoms with Gasteiger partial charge in [0.25, 0.3) is 10.0 Å². The monoisotopic (exact) mass is 643 g/mol. The van der Waals surface area contributed by atoms with Crippen LogP contribution in [0.1, 0.15) is 43.4 Å². The number of aryl methyl sites for hydroxylation is 2. The zero-order valence-electron chi connectivity index (χ0n) is 24.2. The van der Waals surface area contributed by atoms with Gasteiger partial charge in [0.05, 0.1) is 22.2 Å². The van der Waals surface area contributed by atoms with Crippen LogP contribution < -0.4 is 14.4 Å². The maximum absolute atomic E-state index is 14.0. The first kappa shape index (κ1) is 32.1. The Labute approximate surface area is 251 Å². The molecule has 0 saturated heterocycles. The van der Waals surface area contributed by atoms with Gasteiger partial charge in [0.2, 0.25) is 11.8 Å². The molecule has 0 aliphatic carbocycles. The Bertz CT molecular complexity index is 1460.